The van der Waals surface area contributed by atoms with Gasteiger partial charge in [-0.2, -0.15) is 0 Å². The molecule has 0 amide bonds. The SMILES string of the molecule is CN1CCC(CNS(=O)(=O)c2ccc(N)nc2)C1. The van der Waals surface area contributed by atoms with E-state index in [9.17, 15) is 8.42 Å². The minimum atomic E-state index is -3.47. The molecule has 1 saturated heterocycles. The van der Waals surface area contributed by atoms with Gasteiger partial charge in [0.05, 0.1) is 0 Å². The molecular weight excluding hydrogens is 252 g/mol. The van der Waals surface area contributed by atoms with Crippen molar-refractivity contribution in [2.24, 2.45) is 5.92 Å². The summed E-state index contributed by atoms with van der Waals surface area (Å²) in [5.41, 5.74) is 5.43. The van der Waals surface area contributed by atoms with Gasteiger partial charge in [-0.3, -0.25) is 0 Å². The molecule has 18 heavy (non-hydrogen) atoms. The third kappa shape index (κ3) is 3.18. The first-order valence-corrected chi connectivity index (χ1v) is 7.35. The number of nitrogens with zero attached hydrogens (tertiary/aromatic N) is 2. The highest BCUT2D eigenvalue weighted by Gasteiger charge is 2.22. The summed E-state index contributed by atoms with van der Waals surface area (Å²) < 4.78 is 26.6. The first kappa shape index (κ1) is 13.3. The third-order valence-electron chi connectivity index (χ3n) is 3.12. The number of likely N-dealkylation sites (tertiary alicyclic amines) is 1. The van der Waals surface area contributed by atoms with Gasteiger partial charge < -0.3 is 10.6 Å². The molecule has 0 saturated carbocycles. The first-order valence-electron chi connectivity index (χ1n) is 5.87. The lowest BCUT2D eigenvalue weighted by atomic mass is 10.1. The van der Waals surface area contributed by atoms with E-state index >= 15 is 0 Å². The van der Waals surface area contributed by atoms with E-state index in [-0.39, 0.29) is 4.90 Å². The van der Waals surface area contributed by atoms with Crippen molar-refractivity contribution < 1.29 is 8.42 Å². The zero-order chi connectivity index (χ0) is 13.2. The smallest absolute Gasteiger partial charge is 0.242 e. The average Bonchev–Trinajstić information content (AvgIpc) is 2.73. The van der Waals surface area contributed by atoms with Gasteiger partial charge in [0.1, 0.15) is 10.7 Å². The van der Waals surface area contributed by atoms with Crippen molar-refractivity contribution in [2.75, 3.05) is 32.4 Å². The summed E-state index contributed by atoms with van der Waals surface area (Å²) in [7, 11) is -1.43. The zero-order valence-corrected chi connectivity index (χ0v) is 11.2. The highest BCUT2D eigenvalue weighted by molar-refractivity contribution is 7.89. The Morgan fingerprint density at radius 1 is 1.56 bits per heavy atom. The maximum absolute atomic E-state index is 12.0. The predicted octanol–water partition coefficient (Wildman–Crippen LogP) is -0.106. The second-order valence-electron chi connectivity index (χ2n) is 4.69. The standard InChI is InChI=1S/C11H18N4O2S/c1-15-5-4-9(8-15)6-14-18(16,17)10-2-3-11(12)13-7-10/h2-3,7,9,14H,4-6,8H2,1H3,(H2,12,13). The van der Waals surface area contributed by atoms with Crippen molar-refractivity contribution in [2.45, 2.75) is 11.3 Å². The summed E-state index contributed by atoms with van der Waals surface area (Å²) >= 11 is 0. The van der Waals surface area contributed by atoms with Crippen molar-refractivity contribution in [1.29, 1.82) is 0 Å². The average molecular weight is 270 g/mol. The molecule has 0 aliphatic carbocycles. The fraction of sp³-hybridized carbons (Fsp3) is 0.545. The number of pyridine rings is 1. The highest BCUT2D eigenvalue weighted by atomic mass is 32.2. The van der Waals surface area contributed by atoms with Crippen LogP contribution in [0.3, 0.4) is 0 Å². The molecular formula is C11H18N4O2S. The maximum atomic E-state index is 12.0. The summed E-state index contributed by atoms with van der Waals surface area (Å²) in [6.45, 7) is 2.43. The van der Waals surface area contributed by atoms with Gasteiger partial charge in [-0.05, 0) is 38.1 Å². The van der Waals surface area contributed by atoms with Crippen LogP contribution in [0.2, 0.25) is 0 Å². The number of rotatable bonds is 4. The normalized spacial score (nSPS) is 21.3. The minimum absolute atomic E-state index is 0.156. The molecule has 7 heteroatoms. The molecule has 1 unspecified atom stereocenters. The molecule has 2 heterocycles. The molecule has 1 atom stereocenters. The lowest BCUT2D eigenvalue weighted by molar-refractivity contribution is 0.394. The van der Waals surface area contributed by atoms with E-state index < -0.39 is 10.0 Å². The van der Waals surface area contributed by atoms with Crippen LogP contribution < -0.4 is 10.5 Å². The summed E-state index contributed by atoms with van der Waals surface area (Å²) in [6.07, 6.45) is 2.30. The quantitative estimate of drug-likeness (QED) is 0.797. The van der Waals surface area contributed by atoms with Crippen LogP contribution in [0.1, 0.15) is 6.42 Å². The number of nitrogens with two attached hydrogens (primary N) is 1. The van der Waals surface area contributed by atoms with E-state index in [1.54, 1.807) is 0 Å². The zero-order valence-electron chi connectivity index (χ0n) is 10.3. The molecule has 0 spiro atoms. The Morgan fingerprint density at radius 3 is 2.89 bits per heavy atom. The Kier molecular flexibility index (Phi) is 3.84. The van der Waals surface area contributed by atoms with Gasteiger partial charge in [-0.1, -0.05) is 0 Å². The van der Waals surface area contributed by atoms with Gasteiger partial charge in [-0.15, -0.1) is 0 Å². The van der Waals surface area contributed by atoms with Crippen LogP contribution in [0.4, 0.5) is 5.82 Å². The Morgan fingerprint density at radius 2 is 2.33 bits per heavy atom. The predicted molar refractivity (Wildman–Crippen MR) is 69.4 cm³/mol. The van der Waals surface area contributed by atoms with Gasteiger partial charge in [0.15, 0.2) is 0 Å². The number of nitrogen functional groups attached to an aromatic ring is 1. The summed E-state index contributed by atoms with van der Waals surface area (Å²) in [5.74, 6) is 0.692. The van der Waals surface area contributed by atoms with Gasteiger partial charge >= 0.3 is 0 Å². The number of sulfonamides is 1. The Labute approximate surface area is 107 Å². The lowest BCUT2D eigenvalue weighted by Gasteiger charge is -2.12. The van der Waals surface area contributed by atoms with Gasteiger partial charge in [0.2, 0.25) is 10.0 Å². The van der Waals surface area contributed by atoms with Crippen LogP contribution in [0, 0.1) is 5.92 Å². The summed E-state index contributed by atoms with van der Waals surface area (Å²) in [6, 6.07) is 2.95. The van der Waals surface area contributed by atoms with Crippen molar-refractivity contribution in [1.82, 2.24) is 14.6 Å². The fourth-order valence-corrected chi connectivity index (χ4v) is 3.11. The van der Waals surface area contributed by atoms with E-state index in [1.165, 1.54) is 18.3 Å². The molecule has 0 bridgehead atoms. The van der Waals surface area contributed by atoms with Crippen LogP contribution in [-0.4, -0.2) is 45.0 Å². The molecule has 6 nitrogen and oxygen atoms in total. The Hall–Kier alpha value is -1.18. The maximum Gasteiger partial charge on any atom is 0.242 e. The van der Waals surface area contributed by atoms with Crippen LogP contribution in [0.25, 0.3) is 0 Å². The number of hydrogen-bond acceptors (Lipinski definition) is 5. The summed E-state index contributed by atoms with van der Waals surface area (Å²) in [4.78, 5) is 6.14. The molecule has 1 aromatic heterocycles. The van der Waals surface area contributed by atoms with Crippen LogP contribution in [0.15, 0.2) is 23.2 Å². The lowest BCUT2D eigenvalue weighted by Crippen LogP contribution is -2.30. The number of aromatic nitrogens is 1. The molecule has 100 valence electrons. The topological polar surface area (TPSA) is 88.3 Å². The molecule has 0 radical (unpaired) electrons. The molecule has 1 aromatic rings. The number of hydrogen-bond donors (Lipinski definition) is 2. The number of anilines is 1. The second kappa shape index (κ2) is 5.21. The summed E-state index contributed by atoms with van der Waals surface area (Å²) in [5, 5.41) is 0. The minimum Gasteiger partial charge on any atom is -0.384 e. The van der Waals surface area contributed by atoms with Crippen LogP contribution >= 0.6 is 0 Å². The fourth-order valence-electron chi connectivity index (χ4n) is 2.05. The van der Waals surface area contributed by atoms with E-state index in [1.807, 2.05) is 7.05 Å². The van der Waals surface area contributed by atoms with Gasteiger partial charge in [0.25, 0.3) is 0 Å². The number of nitrogens with one attached hydrogen (secondary N) is 1. The van der Waals surface area contributed by atoms with E-state index in [0.29, 0.717) is 18.3 Å². The highest BCUT2D eigenvalue weighted by Crippen LogP contribution is 2.14. The Bertz CT molecular complexity index is 500. The molecule has 3 N–H and O–H groups in total. The Balaban J connectivity index is 1.97. The van der Waals surface area contributed by atoms with Crippen molar-refractivity contribution in [3.63, 3.8) is 0 Å². The van der Waals surface area contributed by atoms with Crippen molar-refractivity contribution >= 4 is 15.8 Å². The van der Waals surface area contributed by atoms with Gasteiger partial charge in [0, 0.05) is 19.3 Å². The molecule has 0 aromatic carbocycles. The van der Waals surface area contributed by atoms with Gasteiger partial charge in [-0.25, -0.2) is 18.1 Å². The molecule has 2 rings (SSSR count). The van der Waals surface area contributed by atoms with E-state index in [4.69, 9.17) is 5.73 Å². The van der Waals surface area contributed by atoms with Crippen LogP contribution in [-0.2, 0) is 10.0 Å². The molecule has 1 aliphatic heterocycles. The van der Waals surface area contributed by atoms with E-state index in [0.717, 1.165) is 19.5 Å². The van der Waals surface area contributed by atoms with Crippen molar-refractivity contribution in [3.05, 3.63) is 18.3 Å². The monoisotopic (exact) mass is 270 g/mol. The first-order chi connectivity index (χ1) is 8.47. The van der Waals surface area contributed by atoms with Crippen molar-refractivity contribution in [3.8, 4) is 0 Å². The third-order valence-corrected chi connectivity index (χ3v) is 4.53. The largest absolute Gasteiger partial charge is 0.384 e. The second-order valence-corrected chi connectivity index (χ2v) is 6.45. The molecule has 1 fully saturated rings. The van der Waals surface area contributed by atoms with Crippen LogP contribution in [0.5, 0.6) is 0 Å². The van der Waals surface area contributed by atoms with E-state index in [2.05, 4.69) is 14.6 Å². The molecule has 1 aliphatic rings.